The molecule has 0 saturated carbocycles. The fourth-order valence-corrected chi connectivity index (χ4v) is 1.48. The minimum atomic E-state index is -0.237. The van der Waals surface area contributed by atoms with Crippen LogP contribution >= 0.6 is 0 Å². The van der Waals surface area contributed by atoms with E-state index in [1.54, 1.807) is 25.3 Å². The number of methoxy groups -OCH3 is 2. The van der Waals surface area contributed by atoms with Gasteiger partial charge < -0.3 is 25.3 Å². The summed E-state index contributed by atoms with van der Waals surface area (Å²) < 4.78 is 15.2. The van der Waals surface area contributed by atoms with E-state index in [1.807, 2.05) is 0 Å². The van der Waals surface area contributed by atoms with E-state index in [0.717, 1.165) is 0 Å². The van der Waals surface area contributed by atoms with Crippen molar-refractivity contribution in [1.82, 2.24) is 5.32 Å². The Labute approximate surface area is 112 Å². The zero-order valence-electron chi connectivity index (χ0n) is 11.3. The van der Waals surface area contributed by atoms with Crippen molar-refractivity contribution in [1.29, 1.82) is 0 Å². The number of hydrogen-bond acceptors (Lipinski definition) is 5. The number of nitrogens with one attached hydrogen (secondary N) is 1. The van der Waals surface area contributed by atoms with Crippen LogP contribution in [0.5, 0.6) is 5.75 Å². The summed E-state index contributed by atoms with van der Waals surface area (Å²) in [5.74, 6) is 0.256. The van der Waals surface area contributed by atoms with Crippen molar-refractivity contribution in [3.05, 3.63) is 23.8 Å². The third kappa shape index (κ3) is 5.15. The molecular weight excluding hydrogens is 248 g/mol. The van der Waals surface area contributed by atoms with Gasteiger partial charge in [0.1, 0.15) is 5.75 Å². The number of nitrogens with two attached hydrogens (primary N) is 1. The van der Waals surface area contributed by atoms with Crippen LogP contribution in [0.1, 0.15) is 10.4 Å². The lowest BCUT2D eigenvalue weighted by atomic mass is 10.1. The van der Waals surface area contributed by atoms with E-state index in [-0.39, 0.29) is 5.91 Å². The van der Waals surface area contributed by atoms with Crippen LogP contribution in [-0.4, -0.2) is 46.5 Å². The molecular formula is C13H20N2O4. The van der Waals surface area contributed by atoms with Gasteiger partial charge in [0.25, 0.3) is 5.91 Å². The average Bonchev–Trinajstić information content (AvgIpc) is 2.42. The predicted molar refractivity (Wildman–Crippen MR) is 72.4 cm³/mol. The van der Waals surface area contributed by atoms with Gasteiger partial charge in [0.15, 0.2) is 0 Å². The van der Waals surface area contributed by atoms with E-state index in [0.29, 0.717) is 43.4 Å². The van der Waals surface area contributed by atoms with Crippen LogP contribution in [0.4, 0.5) is 5.69 Å². The average molecular weight is 268 g/mol. The Bertz CT molecular complexity index is 410. The van der Waals surface area contributed by atoms with Crippen LogP contribution in [0, 0.1) is 0 Å². The number of carbonyl (C=O) groups excluding carboxylic acids is 1. The van der Waals surface area contributed by atoms with Gasteiger partial charge in [-0.2, -0.15) is 0 Å². The summed E-state index contributed by atoms with van der Waals surface area (Å²) in [5.41, 5.74) is 6.59. The SMILES string of the molecule is COCCOCCNC(=O)c1cc(N)ccc1OC. The van der Waals surface area contributed by atoms with Gasteiger partial charge in [-0.15, -0.1) is 0 Å². The van der Waals surface area contributed by atoms with Crippen molar-refractivity contribution >= 4 is 11.6 Å². The Morgan fingerprint density at radius 2 is 2.05 bits per heavy atom. The minimum Gasteiger partial charge on any atom is -0.496 e. The number of carbonyl (C=O) groups is 1. The largest absolute Gasteiger partial charge is 0.496 e. The Morgan fingerprint density at radius 1 is 1.26 bits per heavy atom. The highest BCUT2D eigenvalue weighted by Crippen LogP contribution is 2.20. The van der Waals surface area contributed by atoms with Crippen molar-refractivity contribution in [2.24, 2.45) is 0 Å². The van der Waals surface area contributed by atoms with Crippen molar-refractivity contribution in [3.63, 3.8) is 0 Å². The topological polar surface area (TPSA) is 82.8 Å². The van der Waals surface area contributed by atoms with Crippen LogP contribution in [0.2, 0.25) is 0 Å². The molecule has 0 bridgehead atoms. The lowest BCUT2D eigenvalue weighted by Gasteiger charge is -2.10. The molecule has 0 fully saturated rings. The van der Waals surface area contributed by atoms with E-state index < -0.39 is 0 Å². The van der Waals surface area contributed by atoms with E-state index in [1.165, 1.54) is 7.11 Å². The highest BCUT2D eigenvalue weighted by atomic mass is 16.5. The fraction of sp³-hybridized carbons (Fsp3) is 0.462. The molecule has 1 aromatic carbocycles. The molecule has 0 aliphatic carbocycles. The second-order valence-corrected chi connectivity index (χ2v) is 3.82. The molecule has 1 amide bonds. The van der Waals surface area contributed by atoms with Gasteiger partial charge in [-0.3, -0.25) is 4.79 Å². The van der Waals surface area contributed by atoms with Crippen molar-refractivity contribution in [3.8, 4) is 5.75 Å². The number of nitrogen functional groups attached to an aromatic ring is 1. The highest BCUT2D eigenvalue weighted by Gasteiger charge is 2.11. The Morgan fingerprint density at radius 3 is 2.74 bits per heavy atom. The van der Waals surface area contributed by atoms with Crippen molar-refractivity contribution < 1.29 is 19.0 Å². The van der Waals surface area contributed by atoms with Gasteiger partial charge >= 0.3 is 0 Å². The van der Waals surface area contributed by atoms with E-state index in [4.69, 9.17) is 19.9 Å². The number of amides is 1. The first-order chi connectivity index (χ1) is 9.19. The lowest BCUT2D eigenvalue weighted by molar-refractivity contribution is 0.0692. The van der Waals surface area contributed by atoms with Crippen LogP contribution < -0.4 is 15.8 Å². The minimum absolute atomic E-state index is 0.237. The molecule has 0 atom stereocenters. The molecule has 106 valence electrons. The van der Waals surface area contributed by atoms with Gasteiger partial charge in [-0.1, -0.05) is 0 Å². The van der Waals surface area contributed by atoms with Crippen LogP contribution in [0.25, 0.3) is 0 Å². The number of benzene rings is 1. The quantitative estimate of drug-likeness (QED) is 0.535. The third-order valence-corrected chi connectivity index (χ3v) is 2.43. The molecule has 0 heterocycles. The summed E-state index contributed by atoms with van der Waals surface area (Å²) in [4.78, 5) is 11.9. The van der Waals surface area contributed by atoms with E-state index in [2.05, 4.69) is 5.32 Å². The van der Waals surface area contributed by atoms with Crippen molar-refractivity contribution in [2.75, 3.05) is 46.3 Å². The second-order valence-electron chi connectivity index (χ2n) is 3.82. The highest BCUT2D eigenvalue weighted by molar-refractivity contribution is 5.97. The smallest absolute Gasteiger partial charge is 0.255 e. The number of ether oxygens (including phenoxy) is 3. The molecule has 3 N–H and O–H groups in total. The van der Waals surface area contributed by atoms with Crippen molar-refractivity contribution in [2.45, 2.75) is 0 Å². The normalized spacial score (nSPS) is 10.2. The Balaban J connectivity index is 2.43. The summed E-state index contributed by atoms with van der Waals surface area (Å²) in [7, 11) is 3.12. The maximum absolute atomic E-state index is 11.9. The van der Waals surface area contributed by atoms with Crippen LogP contribution in [0.15, 0.2) is 18.2 Å². The lowest BCUT2D eigenvalue weighted by Crippen LogP contribution is -2.28. The molecule has 0 spiro atoms. The van der Waals surface area contributed by atoms with E-state index >= 15 is 0 Å². The van der Waals surface area contributed by atoms with Gasteiger partial charge in [0.05, 0.1) is 32.5 Å². The number of anilines is 1. The monoisotopic (exact) mass is 268 g/mol. The Hall–Kier alpha value is -1.79. The predicted octanol–water partition coefficient (Wildman–Crippen LogP) is 0.670. The molecule has 1 aromatic rings. The molecule has 0 aliphatic rings. The summed E-state index contributed by atoms with van der Waals surface area (Å²) in [6.07, 6.45) is 0. The van der Waals surface area contributed by atoms with E-state index in [9.17, 15) is 4.79 Å². The molecule has 19 heavy (non-hydrogen) atoms. The Kier molecular flexibility index (Phi) is 6.70. The molecule has 0 aromatic heterocycles. The molecule has 0 radical (unpaired) electrons. The summed E-state index contributed by atoms with van der Waals surface area (Å²) in [6.45, 7) is 1.89. The third-order valence-electron chi connectivity index (χ3n) is 2.43. The zero-order chi connectivity index (χ0) is 14.1. The maximum Gasteiger partial charge on any atom is 0.255 e. The summed E-state index contributed by atoms with van der Waals surface area (Å²) in [6, 6.07) is 4.93. The first-order valence-corrected chi connectivity index (χ1v) is 5.97. The van der Waals surface area contributed by atoms with Gasteiger partial charge in [0.2, 0.25) is 0 Å². The maximum atomic E-state index is 11.9. The van der Waals surface area contributed by atoms with Gasteiger partial charge in [-0.25, -0.2) is 0 Å². The first-order valence-electron chi connectivity index (χ1n) is 5.97. The fourth-order valence-electron chi connectivity index (χ4n) is 1.48. The molecule has 6 nitrogen and oxygen atoms in total. The molecule has 1 rings (SSSR count). The van der Waals surface area contributed by atoms with Crippen LogP contribution in [-0.2, 0) is 9.47 Å². The van der Waals surface area contributed by atoms with Crippen LogP contribution in [0.3, 0.4) is 0 Å². The van der Waals surface area contributed by atoms with Gasteiger partial charge in [0, 0.05) is 19.3 Å². The molecule has 6 heteroatoms. The standard InChI is InChI=1S/C13H20N2O4/c1-17-7-8-19-6-5-15-13(16)11-9-10(14)3-4-12(11)18-2/h3-4,9H,5-8,14H2,1-2H3,(H,15,16). The number of hydrogen-bond donors (Lipinski definition) is 2. The zero-order valence-corrected chi connectivity index (χ0v) is 11.3. The summed E-state index contributed by atoms with van der Waals surface area (Å²) >= 11 is 0. The first kappa shape index (κ1) is 15.3. The molecule has 0 saturated heterocycles. The summed E-state index contributed by atoms with van der Waals surface area (Å²) in [5, 5.41) is 2.74. The second kappa shape index (κ2) is 8.34. The number of rotatable bonds is 8. The van der Waals surface area contributed by atoms with Gasteiger partial charge in [-0.05, 0) is 18.2 Å². The molecule has 0 unspecified atom stereocenters. The molecule has 0 aliphatic heterocycles.